The summed E-state index contributed by atoms with van der Waals surface area (Å²) >= 11 is 0. The SMILES string of the molecule is CC(=O)N1c2ccc(C#N)cc2C(c2ccccc2)CC1(C)N. The number of amides is 1. The highest BCUT2D eigenvalue weighted by Gasteiger charge is 2.41. The first-order chi connectivity index (χ1) is 10.9. The second-order valence-electron chi connectivity index (χ2n) is 6.26. The maximum Gasteiger partial charge on any atom is 0.225 e. The van der Waals surface area contributed by atoms with Crippen LogP contribution in [0.4, 0.5) is 5.69 Å². The molecule has 2 aromatic rings. The van der Waals surface area contributed by atoms with E-state index < -0.39 is 5.66 Å². The molecule has 1 aliphatic heterocycles. The number of fused-ring (bicyclic) bond motifs is 1. The van der Waals surface area contributed by atoms with E-state index in [-0.39, 0.29) is 11.8 Å². The van der Waals surface area contributed by atoms with Crippen LogP contribution in [-0.4, -0.2) is 11.6 Å². The van der Waals surface area contributed by atoms with Crippen LogP contribution in [-0.2, 0) is 4.79 Å². The fourth-order valence-electron chi connectivity index (χ4n) is 3.51. The van der Waals surface area contributed by atoms with Crippen molar-refractivity contribution in [1.82, 2.24) is 0 Å². The van der Waals surface area contributed by atoms with Gasteiger partial charge in [0.1, 0.15) is 0 Å². The Morgan fingerprint density at radius 3 is 2.61 bits per heavy atom. The summed E-state index contributed by atoms with van der Waals surface area (Å²) in [5.74, 6) is -0.0300. The number of carbonyl (C=O) groups excluding carboxylic acids is 1. The fraction of sp³-hybridized carbons (Fsp3) is 0.263. The van der Waals surface area contributed by atoms with Crippen molar-refractivity contribution in [3.8, 4) is 6.07 Å². The number of anilines is 1. The Morgan fingerprint density at radius 1 is 1.30 bits per heavy atom. The lowest BCUT2D eigenvalue weighted by atomic mass is 9.78. The predicted octanol–water partition coefficient (Wildman–Crippen LogP) is 3.12. The van der Waals surface area contributed by atoms with Crippen molar-refractivity contribution in [2.75, 3.05) is 4.90 Å². The Labute approximate surface area is 136 Å². The molecule has 1 heterocycles. The first-order valence-corrected chi connectivity index (χ1v) is 7.63. The smallest absolute Gasteiger partial charge is 0.225 e. The van der Waals surface area contributed by atoms with Crippen molar-refractivity contribution in [3.63, 3.8) is 0 Å². The van der Waals surface area contributed by atoms with Gasteiger partial charge in [-0.05, 0) is 42.7 Å². The van der Waals surface area contributed by atoms with Gasteiger partial charge in [0.2, 0.25) is 5.91 Å². The summed E-state index contributed by atoms with van der Waals surface area (Å²) in [5, 5.41) is 9.22. The Kier molecular flexibility index (Phi) is 3.67. The summed E-state index contributed by atoms with van der Waals surface area (Å²) in [5.41, 5.74) is 9.21. The Morgan fingerprint density at radius 2 is 2.00 bits per heavy atom. The number of hydrogen-bond acceptors (Lipinski definition) is 3. The molecular weight excluding hydrogens is 286 g/mol. The van der Waals surface area contributed by atoms with E-state index >= 15 is 0 Å². The predicted molar refractivity (Wildman–Crippen MR) is 89.8 cm³/mol. The van der Waals surface area contributed by atoms with Crippen LogP contribution in [0.3, 0.4) is 0 Å². The Hall–Kier alpha value is -2.64. The van der Waals surface area contributed by atoms with E-state index in [2.05, 4.69) is 18.2 Å². The van der Waals surface area contributed by atoms with E-state index in [4.69, 9.17) is 5.73 Å². The molecule has 2 unspecified atom stereocenters. The zero-order valence-corrected chi connectivity index (χ0v) is 13.3. The molecule has 0 bridgehead atoms. The van der Waals surface area contributed by atoms with Crippen LogP contribution in [0.25, 0.3) is 0 Å². The molecule has 0 spiro atoms. The monoisotopic (exact) mass is 305 g/mol. The van der Waals surface area contributed by atoms with E-state index in [1.54, 1.807) is 11.0 Å². The summed E-state index contributed by atoms with van der Waals surface area (Å²) in [6, 6.07) is 17.7. The minimum absolute atomic E-state index is 0.0603. The van der Waals surface area contributed by atoms with Crippen molar-refractivity contribution in [3.05, 3.63) is 65.2 Å². The van der Waals surface area contributed by atoms with Crippen LogP contribution in [0.15, 0.2) is 48.5 Å². The van der Waals surface area contributed by atoms with E-state index in [0.717, 1.165) is 16.8 Å². The molecule has 0 saturated carbocycles. The van der Waals surface area contributed by atoms with Crippen molar-refractivity contribution >= 4 is 11.6 Å². The molecule has 2 aromatic carbocycles. The molecule has 1 amide bonds. The number of hydrogen-bond donors (Lipinski definition) is 1. The zero-order valence-electron chi connectivity index (χ0n) is 13.3. The van der Waals surface area contributed by atoms with Crippen molar-refractivity contribution in [2.45, 2.75) is 31.8 Å². The van der Waals surface area contributed by atoms with Crippen LogP contribution in [0.2, 0.25) is 0 Å². The third-order valence-corrected chi connectivity index (χ3v) is 4.42. The van der Waals surface area contributed by atoms with Gasteiger partial charge < -0.3 is 5.73 Å². The normalized spacial score (nSPS) is 23.0. The summed E-state index contributed by atoms with van der Waals surface area (Å²) in [7, 11) is 0. The van der Waals surface area contributed by atoms with E-state index in [0.29, 0.717) is 12.0 Å². The summed E-state index contributed by atoms with van der Waals surface area (Å²) < 4.78 is 0. The van der Waals surface area contributed by atoms with Gasteiger partial charge in [0.25, 0.3) is 0 Å². The molecule has 0 fully saturated rings. The fourth-order valence-corrected chi connectivity index (χ4v) is 3.51. The van der Waals surface area contributed by atoms with E-state index in [1.165, 1.54) is 6.92 Å². The lowest BCUT2D eigenvalue weighted by Crippen LogP contribution is -2.59. The molecule has 2 N–H and O–H groups in total. The largest absolute Gasteiger partial charge is 0.309 e. The van der Waals surface area contributed by atoms with Crippen LogP contribution in [0, 0.1) is 11.3 Å². The summed E-state index contributed by atoms with van der Waals surface area (Å²) in [6.45, 7) is 3.40. The minimum Gasteiger partial charge on any atom is -0.309 e. The van der Waals surface area contributed by atoms with Gasteiger partial charge in [-0.2, -0.15) is 5.26 Å². The van der Waals surface area contributed by atoms with Crippen LogP contribution >= 0.6 is 0 Å². The maximum absolute atomic E-state index is 12.2. The number of carbonyl (C=O) groups is 1. The lowest BCUT2D eigenvalue weighted by molar-refractivity contribution is -0.117. The summed E-state index contributed by atoms with van der Waals surface area (Å²) in [4.78, 5) is 13.8. The lowest BCUT2D eigenvalue weighted by Gasteiger charge is -2.46. The van der Waals surface area contributed by atoms with E-state index in [9.17, 15) is 10.1 Å². The third kappa shape index (κ3) is 2.60. The number of rotatable bonds is 1. The third-order valence-electron chi connectivity index (χ3n) is 4.42. The second-order valence-corrected chi connectivity index (χ2v) is 6.26. The summed E-state index contributed by atoms with van der Waals surface area (Å²) in [6.07, 6.45) is 0.610. The quantitative estimate of drug-likeness (QED) is 0.880. The number of benzene rings is 2. The molecule has 4 nitrogen and oxygen atoms in total. The first-order valence-electron chi connectivity index (χ1n) is 7.63. The zero-order chi connectivity index (χ0) is 16.6. The highest BCUT2D eigenvalue weighted by molar-refractivity contribution is 5.94. The van der Waals surface area contributed by atoms with Gasteiger partial charge in [-0.3, -0.25) is 9.69 Å². The standard InChI is InChI=1S/C19H19N3O/c1-13(23)22-18-9-8-14(12-20)10-16(18)17(11-19(22,2)21)15-6-4-3-5-7-15/h3-10,17H,11,21H2,1-2H3. The van der Waals surface area contributed by atoms with Gasteiger partial charge >= 0.3 is 0 Å². The minimum atomic E-state index is -0.770. The molecule has 0 saturated heterocycles. The second kappa shape index (κ2) is 5.53. The molecular formula is C19H19N3O. The topological polar surface area (TPSA) is 70.1 Å². The van der Waals surface area contributed by atoms with Gasteiger partial charge in [0.15, 0.2) is 0 Å². The molecule has 1 aliphatic rings. The van der Waals surface area contributed by atoms with Gasteiger partial charge in [-0.25, -0.2) is 0 Å². The highest BCUT2D eigenvalue weighted by atomic mass is 16.2. The molecule has 23 heavy (non-hydrogen) atoms. The molecule has 116 valence electrons. The molecule has 0 aliphatic carbocycles. The Bertz CT molecular complexity index is 790. The van der Waals surface area contributed by atoms with E-state index in [1.807, 2.05) is 37.3 Å². The number of nitriles is 1. The van der Waals surface area contributed by atoms with Crippen LogP contribution in [0.1, 0.15) is 42.9 Å². The van der Waals surface area contributed by atoms with Crippen molar-refractivity contribution in [2.24, 2.45) is 5.73 Å². The van der Waals surface area contributed by atoms with Gasteiger partial charge in [0.05, 0.1) is 17.3 Å². The maximum atomic E-state index is 12.2. The molecule has 0 aromatic heterocycles. The number of nitrogens with zero attached hydrogens (tertiary/aromatic N) is 2. The average Bonchev–Trinajstić information content (AvgIpc) is 2.53. The first kappa shape index (κ1) is 15.3. The Balaban J connectivity index is 2.23. The van der Waals surface area contributed by atoms with Crippen LogP contribution in [0.5, 0.6) is 0 Å². The van der Waals surface area contributed by atoms with Crippen LogP contribution < -0.4 is 10.6 Å². The molecule has 4 heteroatoms. The number of nitrogens with two attached hydrogens (primary N) is 1. The highest BCUT2D eigenvalue weighted by Crippen LogP contribution is 2.45. The molecule has 2 atom stereocenters. The van der Waals surface area contributed by atoms with Gasteiger partial charge in [-0.15, -0.1) is 0 Å². The van der Waals surface area contributed by atoms with Crippen molar-refractivity contribution in [1.29, 1.82) is 5.26 Å². The molecule has 3 rings (SSSR count). The van der Waals surface area contributed by atoms with Crippen molar-refractivity contribution < 1.29 is 4.79 Å². The van der Waals surface area contributed by atoms with Gasteiger partial charge in [0, 0.05) is 18.5 Å². The molecule has 0 radical (unpaired) electrons. The average molecular weight is 305 g/mol. The van der Waals surface area contributed by atoms with Gasteiger partial charge in [-0.1, -0.05) is 30.3 Å².